The number of hydrogen-bond donors (Lipinski definition) is 2. The van der Waals surface area contributed by atoms with Crippen LogP contribution in [0.3, 0.4) is 0 Å². The highest BCUT2D eigenvalue weighted by molar-refractivity contribution is 7.10. The van der Waals surface area contributed by atoms with Crippen molar-refractivity contribution in [2.75, 3.05) is 30.8 Å². The lowest BCUT2D eigenvalue weighted by atomic mass is 10.2. The predicted molar refractivity (Wildman–Crippen MR) is 68.1 cm³/mol. The summed E-state index contributed by atoms with van der Waals surface area (Å²) in [6.45, 7) is 4.56. The van der Waals surface area contributed by atoms with Gasteiger partial charge in [0, 0.05) is 25.3 Å². The van der Waals surface area contributed by atoms with Crippen LogP contribution in [0.5, 0.6) is 0 Å². The highest BCUT2D eigenvalue weighted by Gasteiger charge is 2.30. The van der Waals surface area contributed by atoms with Crippen molar-refractivity contribution in [1.29, 1.82) is 0 Å². The van der Waals surface area contributed by atoms with Gasteiger partial charge in [-0.1, -0.05) is 0 Å². The van der Waals surface area contributed by atoms with E-state index in [0.29, 0.717) is 5.92 Å². The Bertz CT molecular complexity index is 336. The van der Waals surface area contributed by atoms with E-state index in [1.165, 1.54) is 29.9 Å². The van der Waals surface area contributed by atoms with Gasteiger partial charge in [-0.2, -0.15) is 4.37 Å². The molecule has 0 radical (unpaired) electrons. The molecule has 16 heavy (non-hydrogen) atoms. The zero-order chi connectivity index (χ0) is 11.4. The van der Waals surface area contributed by atoms with Crippen molar-refractivity contribution in [3.05, 3.63) is 5.56 Å². The maximum atomic E-state index is 5.87. The third-order valence-corrected chi connectivity index (χ3v) is 3.53. The van der Waals surface area contributed by atoms with Crippen molar-refractivity contribution in [2.45, 2.75) is 32.1 Å². The number of nitrogens with two attached hydrogens (primary N) is 1. The third kappa shape index (κ3) is 2.86. The Morgan fingerprint density at radius 1 is 1.56 bits per heavy atom. The maximum Gasteiger partial charge on any atom is 0.142 e. The van der Waals surface area contributed by atoms with Crippen molar-refractivity contribution in [1.82, 2.24) is 4.37 Å². The fourth-order valence-electron chi connectivity index (χ4n) is 1.72. The molecule has 1 aromatic rings. The number of aromatic nitrogens is 1. The van der Waals surface area contributed by atoms with E-state index in [-0.39, 0.29) is 0 Å². The first-order valence-electron chi connectivity index (χ1n) is 5.89. The predicted octanol–water partition coefficient (Wildman–Crippen LogP) is 2.44. The van der Waals surface area contributed by atoms with Crippen LogP contribution in [0.4, 0.5) is 10.8 Å². The molecule has 5 heteroatoms. The zero-order valence-corrected chi connectivity index (χ0v) is 10.5. The average molecular weight is 241 g/mol. The summed E-state index contributed by atoms with van der Waals surface area (Å²) in [5.41, 5.74) is 7.12. The first kappa shape index (κ1) is 11.7. The van der Waals surface area contributed by atoms with E-state index in [4.69, 9.17) is 10.5 Å². The molecule has 0 unspecified atom stereocenters. The van der Waals surface area contributed by atoms with Crippen molar-refractivity contribution >= 4 is 22.4 Å². The molecular formula is C11H19N3OS. The molecule has 90 valence electrons. The molecule has 0 aliphatic heterocycles. The highest BCUT2D eigenvalue weighted by Crippen LogP contribution is 2.47. The van der Waals surface area contributed by atoms with Crippen LogP contribution < -0.4 is 11.1 Å². The van der Waals surface area contributed by atoms with Gasteiger partial charge < -0.3 is 15.8 Å². The van der Waals surface area contributed by atoms with Crippen LogP contribution in [0.1, 0.15) is 37.7 Å². The van der Waals surface area contributed by atoms with E-state index in [1.54, 1.807) is 0 Å². The smallest absolute Gasteiger partial charge is 0.142 e. The monoisotopic (exact) mass is 241 g/mol. The van der Waals surface area contributed by atoms with Gasteiger partial charge in [-0.15, -0.1) is 0 Å². The van der Waals surface area contributed by atoms with E-state index >= 15 is 0 Å². The standard InChI is InChI=1S/C11H19N3OS/c1-2-15-7-3-6-13-11-9(8-4-5-8)10(12)14-16-11/h8,13H,2-7H2,1H3,(H2,12,14). The first-order chi connectivity index (χ1) is 7.83. The van der Waals surface area contributed by atoms with E-state index < -0.39 is 0 Å². The fraction of sp³-hybridized carbons (Fsp3) is 0.727. The molecule has 4 nitrogen and oxygen atoms in total. The fourth-order valence-corrected chi connectivity index (χ4v) is 2.55. The summed E-state index contributed by atoms with van der Waals surface area (Å²) in [5.74, 6) is 1.38. The van der Waals surface area contributed by atoms with Gasteiger partial charge in [-0.25, -0.2) is 0 Å². The molecule has 0 bridgehead atoms. The summed E-state index contributed by atoms with van der Waals surface area (Å²) in [6, 6.07) is 0. The third-order valence-electron chi connectivity index (χ3n) is 2.70. The van der Waals surface area contributed by atoms with Gasteiger partial charge in [0.25, 0.3) is 0 Å². The van der Waals surface area contributed by atoms with Gasteiger partial charge in [0.05, 0.1) is 0 Å². The van der Waals surface area contributed by atoms with E-state index in [0.717, 1.165) is 37.0 Å². The lowest BCUT2D eigenvalue weighted by Gasteiger charge is -2.06. The number of rotatable bonds is 7. The quantitative estimate of drug-likeness (QED) is 0.720. The Morgan fingerprint density at radius 2 is 2.38 bits per heavy atom. The molecule has 1 fully saturated rings. The second-order valence-corrected chi connectivity index (χ2v) is 4.84. The SMILES string of the molecule is CCOCCCNc1snc(N)c1C1CC1. The molecule has 1 heterocycles. The van der Waals surface area contributed by atoms with Crippen molar-refractivity contribution in [3.8, 4) is 0 Å². The Labute approximate surface area is 100 Å². The van der Waals surface area contributed by atoms with E-state index in [2.05, 4.69) is 9.69 Å². The van der Waals surface area contributed by atoms with Gasteiger partial charge in [0.2, 0.25) is 0 Å². The minimum atomic E-state index is 0.660. The summed E-state index contributed by atoms with van der Waals surface area (Å²) in [4.78, 5) is 0. The van der Waals surface area contributed by atoms with Gasteiger partial charge in [0.1, 0.15) is 10.8 Å². The summed E-state index contributed by atoms with van der Waals surface area (Å²) in [6.07, 6.45) is 3.54. The first-order valence-corrected chi connectivity index (χ1v) is 6.67. The molecule has 3 N–H and O–H groups in total. The molecule has 1 saturated carbocycles. The minimum Gasteiger partial charge on any atom is -0.383 e. The molecule has 0 saturated heterocycles. The normalized spacial score (nSPS) is 15.3. The van der Waals surface area contributed by atoms with Crippen LogP contribution in [0, 0.1) is 0 Å². The van der Waals surface area contributed by atoms with Crippen LogP contribution in [-0.4, -0.2) is 24.1 Å². The summed E-state index contributed by atoms with van der Waals surface area (Å²) < 4.78 is 9.51. The van der Waals surface area contributed by atoms with Gasteiger partial charge >= 0.3 is 0 Å². The highest BCUT2D eigenvalue weighted by atomic mass is 32.1. The largest absolute Gasteiger partial charge is 0.383 e. The summed E-state index contributed by atoms with van der Waals surface area (Å²) in [5, 5.41) is 4.57. The van der Waals surface area contributed by atoms with Crippen LogP contribution in [-0.2, 0) is 4.74 Å². The average Bonchev–Trinajstić information content (AvgIpc) is 3.04. The number of hydrogen-bond acceptors (Lipinski definition) is 5. The topological polar surface area (TPSA) is 60.2 Å². The number of ether oxygens (including phenoxy) is 1. The lowest BCUT2D eigenvalue weighted by molar-refractivity contribution is 0.147. The summed E-state index contributed by atoms with van der Waals surface area (Å²) >= 11 is 1.48. The molecule has 1 aromatic heterocycles. The van der Waals surface area contributed by atoms with Crippen LogP contribution >= 0.6 is 11.5 Å². The number of nitrogens with zero attached hydrogens (tertiary/aromatic N) is 1. The zero-order valence-electron chi connectivity index (χ0n) is 9.66. The Balaban J connectivity index is 1.80. The molecule has 1 aliphatic carbocycles. The van der Waals surface area contributed by atoms with Crippen LogP contribution in [0.15, 0.2) is 0 Å². The minimum absolute atomic E-state index is 0.660. The van der Waals surface area contributed by atoms with E-state index in [9.17, 15) is 0 Å². The summed E-state index contributed by atoms with van der Waals surface area (Å²) in [7, 11) is 0. The molecule has 2 rings (SSSR count). The number of nitrogens with one attached hydrogen (secondary N) is 1. The van der Waals surface area contributed by atoms with Gasteiger partial charge in [-0.05, 0) is 43.6 Å². The molecule has 0 aromatic carbocycles. The number of anilines is 2. The Kier molecular flexibility index (Phi) is 4.01. The van der Waals surface area contributed by atoms with Crippen LogP contribution in [0.2, 0.25) is 0 Å². The van der Waals surface area contributed by atoms with Crippen molar-refractivity contribution < 1.29 is 4.74 Å². The lowest BCUT2D eigenvalue weighted by Crippen LogP contribution is -2.06. The van der Waals surface area contributed by atoms with Crippen molar-refractivity contribution in [2.24, 2.45) is 0 Å². The number of nitrogen functional groups attached to an aromatic ring is 1. The van der Waals surface area contributed by atoms with E-state index in [1.807, 2.05) is 6.92 Å². The Morgan fingerprint density at radius 3 is 3.06 bits per heavy atom. The van der Waals surface area contributed by atoms with Gasteiger partial charge in [0.15, 0.2) is 0 Å². The molecule has 0 spiro atoms. The van der Waals surface area contributed by atoms with Gasteiger partial charge in [-0.3, -0.25) is 0 Å². The Hall–Kier alpha value is -0.810. The molecule has 0 amide bonds. The second kappa shape index (κ2) is 5.50. The molecular weight excluding hydrogens is 222 g/mol. The van der Waals surface area contributed by atoms with Crippen molar-refractivity contribution in [3.63, 3.8) is 0 Å². The second-order valence-electron chi connectivity index (χ2n) is 4.06. The molecule has 1 aliphatic rings. The maximum absolute atomic E-state index is 5.87. The van der Waals surface area contributed by atoms with Crippen LogP contribution in [0.25, 0.3) is 0 Å². The molecule has 0 atom stereocenters.